The van der Waals surface area contributed by atoms with Crippen molar-refractivity contribution >= 4 is 38.5 Å². The highest BCUT2D eigenvalue weighted by Crippen LogP contribution is 2.38. The molecule has 0 aliphatic carbocycles. The highest BCUT2D eigenvalue weighted by Gasteiger charge is 2.42. The lowest BCUT2D eigenvalue weighted by Crippen LogP contribution is -2.29. The Labute approximate surface area is 149 Å². The normalized spacial score (nSPS) is 20.2. The van der Waals surface area contributed by atoms with Crippen molar-refractivity contribution in [2.75, 3.05) is 12.4 Å². The van der Waals surface area contributed by atoms with Gasteiger partial charge in [-0.15, -0.1) is 0 Å². The van der Waals surface area contributed by atoms with E-state index in [4.69, 9.17) is 0 Å². The number of fused-ring (bicyclic) bond motifs is 1. The molecule has 2 heterocycles. The standard InChI is InChI=1S/C19H17N3O2S/c1-22-16(23)11-13(17(22)12-7-3-2-4-8-12)18(24)21-19-20-14-9-5-6-10-15(14)25-19/h2-10,13,17H,11H2,1H3,(H,20,21,24)/t13-,17+/m1/s1. The zero-order valence-electron chi connectivity index (χ0n) is 13.7. The maximum atomic E-state index is 12.8. The van der Waals surface area contributed by atoms with E-state index in [9.17, 15) is 9.59 Å². The fourth-order valence-electron chi connectivity index (χ4n) is 3.33. The smallest absolute Gasteiger partial charge is 0.232 e. The highest BCUT2D eigenvalue weighted by molar-refractivity contribution is 7.22. The fraction of sp³-hybridized carbons (Fsp3) is 0.211. The molecular formula is C19H17N3O2S. The van der Waals surface area contributed by atoms with Crippen molar-refractivity contribution < 1.29 is 9.59 Å². The lowest BCUT2D eigenvalue weighted by atomic mass is 9.93. The summed E-state index contributed by atoms with van der Waals surface area (Å²) >= 11 is 1.44. The van der Waals surface area contributed by atoms with Gasteiger partial charge in [0.1, 0.15) is 0 Å². The van der Waals surface area contributed by atoms with Crippen LogP contribution >= 0.6 is 11.3 Å². The van der Waals surface area contributed by atoms with Gasteiger partial charge in [-0.05, 0) is 17.7 Å². The van der Waals surface area contributed by atoms with E-state index in [-0.39, 0.29) is 24.3 Å². The zero-order valence-corrected chi connectivity index (χ0v) is 14.5. The number of carbonyl (C=O) groups excluding carboxylic acids is 2. The topological polar surface area (TPSA) is 62.3 Å². The van der Waals surface area contributed by atoms with Gasteiger partial charge >= 0.3 is 0 Å². The Morgan fingerprint density at radius 1 is 1.16 bits per heavy atom. The van der Waals surface area contributed by atoms with Crippen LogP contribution < -0.4 is 5.32 Å². The van der Waals surface area contributed by atoms with E-state index in [2.05, 4.69) is 10.3 Å². The molecule has 126 valence electrons. The first kappa shape index (κ1) is 15.8. The van der Waals surface area contributed by atoms with E-state index in [1.165, 1.54) is 11.3 Å². The molecule has 1 aromatic heterocycles. The number of hydrogen-bond donors (Lipinski definition) is 1. The summed E-state index contributed by atoms with van der Waals surface area (Å²) in [6, 6.07) is 17.2. The number of anilines is 1. The van der Waals surface area contributed by atoms with Gasteiger partial charge in [-0.1, -0.05) is 53.8 Å². The van der Waals surface area contributed by atoms with Crippen LogP contribution in [0.5, 0.6) is 0 Å². The van der Waals surface area contributed by atoms with Crippen molar-refractivity contribution in [2.24, 2.45) is 5.92 Å². The summed E-state index contributed by atoms with van der Waals surface area (Å²) in [7, 11) is 1.75. The van der Waals surface area contributed by atoms with Gasteiger partial charge in [-0.3, -0.25) is 9.59 Å². The van der Waals surface area contributed by atoms with Gasteiger partial charge in [0, 0.05) is 13.5 Å². The Bertz CT molecular complexity index is 905. The molecule has 1 saturated heterocycles. The summed E-state index contributed by atoms with van der Waals surface area (Å²) < 4.78 is 1.03. The van der Waals surface area contributed by atoms with E-state index in [0.717, 1.165) is 15.8 Å². The van der Waals surface area contributed by atoms with Crippen LogP contribution in [0.25, 0.3) is 10.2 Å². The van der Waals surface area contributed by atoms with E-state index < -0.39 is 5.92 Å². The van der Waals surface area contributed by atoms with Gasteiger partial charge in [0.25, 0.3) is 0 Å². The molecule has 1 aliphatic heterocycles. The second-order valence-corrected chi connectivity index (χ2v) is 7.18. The monoisotopic (exact) mass is 351 g/mol. The zero-order chi connectivity index (χ0) is 17.4. The van der Waals surface area contributed by atoms with E-state index >= 15 is 0 Å². The maximum absolute atomic E-state index is 12.8. The molecule has 1 fully saturated rings. The summed E-state index contributed by atoms with van der Waals surface area (Å²) in [4.78, 5) is 31.2. The number of benzene rings is 2. The summed E-state index contributed by atoms with van der Waals surface area (Å²) in [5.41, 5.74) is 1.84. The fourth-order valence-corrected chi connectivity index (χ4v) is 4.20. The molecule has 1 N–H and O–H groups in total. The first-order valence-electron chi connectivity index (χ1n) is 8.10. The van der Waals surface area contributed by atoms with Gasteiger partial charge in [0.2, 0.25) is 11.8 Å². The summed E-state index contributed by atoms with van der Waals surface area (Å²) in [6.07, 6.45) is 0.215. The number of thiazole rings is 1. The first-order valence-corrected chi connectivity index (χ1v) is 8.92. The number of para-hydroxylation sites is 1. The van der Waals surface area contributed by atoms with Crippen molar-refractivity contribution in [3.05, 3.63) is 60.2 Å². The summed E-state index contributed by atoms with van der Waals surface area (Å²) in [6.45, 7) is 0. The van der Waals surface area contributed by atoms with E-state index in [0.29, 0.717) is 5.13 Å². The van der Waals surface area contributed by atoms with Gasteiger partial charge < -0.3 is 10.2 Å². The lowest BCUT2D eigenvalue weighted by molar-refractivity contribution is -0.127. The first-order chi connectivity index (χ1) is 12.1. The Balaban J connectivity index is 1.60. The van der Waals surface area contributed by atoms with Crippen LogP contribution in [0.15, 0.2) is 54.6 Å². The van der Waals surface area contributed by atoms with Crippen molar-refractivity contribution in [3.8, 4) is 0 Å². The van der Waals surface area contributed by atoms with Crippen LogP contribution in [-0.2, 0) is 9.59 Å². The quantitative estimate of drug-likeness (QED) is 0.786. The van der Waals surface area contributed by atoms with Crippen molar-refractivity contribution in [1.82, 2.24) is 9.88 Å². The van der Waals surface area contributed by atoms with Crippen LogP contribution in [0.4, 0.5) is 5.13 Å². The molecule has 1 aliphatic rings. The summed E-state index contributed by atoms with van der Waals surface area (Å²) in [5.74, 6) is -0.601. The average molecular weight is 351 g/mol. The molecule has 6 heteroatoms. The van der Waals surface area contributed by atoms with Crippen molar-refractivity contribution in [2.45, 2.75) is 12.5 Å². The largest absolute Gasteiger partial charge is 0.338 e. The molecule has 25 heavy (non-hydrogen) atoms. The predicted molar refractivity (Wildman–Crippen MR) is 98.3 cm³/mol. The number of hydrogen-bond acceptors (Lipinski definition) is 4. The predicted octanol–water partition coefficient (Wildman–Crippen LogP) is 3.45. The molecule has 2 atom stereocenters. The molecule has 2 amide bonds. The molecule has 3 aromatic rings. The summed E-state index contributed by atoms with van der Waals surface area (Å²) in [5, 5.41) is 3.47. The minimum atomic E-state index is -0.424. The van der Waals surface area contributed by atoms with Crippen molar-refractivity contribution in [3.63, 3.8) is 0 Å². The highest BCUT2D eigenvalue weighted by atomic mass is 32.1. The molecule has 0 spiro atoms. The Hall–Kier alpha value is -2.73. The van der Waals surface area contributed by atoms with Crippen LogP contribution in [-0.4, -0.2) is 28.7 Å². The SMILES string of the molecule is CN1C(=O)C[C@@H](C(=O)Nc2nc3ccccc3s2)[C@@H]1c1ccccc1. The van der Waals surface area contributed by atoms with E-state index in [1.54, 1.807) is 11.9 Å². The third-order valence-electron chi connectivity index (χ3n) is 4.59. The number of likely N-dealkylation sites (tertiary alicyclic amines) is 1. The number of nitrogens with zero attached hydrogens (tertiary/aromatic N) is 2. The minimum Gasteiger partial charge on any atom is -0.338 e. The average Bonchev–Trinajstić information content (AvgIpc) is 3.16. The van der Waals surface area contributed by atoms with Crippen LogP contribution in [0.3, 0.4) is 0 Å². The molecular weight excluding hydrogens is 334 g/mol. The van der Waals surface area contributed by atoms with Gasteiger partial charge in [0.05, 0.1) is 22.2 Å². The molecule has 0 bridgehead atoms. The Morgan fingerprint density at radius 2 is 1.88 bits per heavy atom. The van der Waals surface area contributed by atoms with Gasteiger partial charge in [0.15, 0.2) is 5.13 Å². The number of amides is 2. The minimum absolute atomic E-state index is 0.0155. The third-order valence-corrected chi connectivity index (χ3v) is 5.54. The molecule has 0 radical (unpaired) electrons. The Morgan fingerprint density at radius 3 is 2.64 bits per heavy atom. The Kier molecular flexibility index (Phi) is 3.97. The van der Waals surface area contributed by atoms with Gasteiger partial charge in [-0.2, -0.15) is 0 Å². The van der Waals surface area contributed by atoms with Crippen LogP contribution in [0, 0.1) is 5.92 Å². The number of rotatable bonds is 3. The van der Waals surface area contributed by atoms with Crippen LogP contribution in [0.1, 0.15) is 18.0 Å². The second kappa shape index (κ2) is 6.29. The molecule has 4 rings (SSSR count). The maximum Gasteiger partial charge on any atom is 0.232 e. The van der Waals surface area contributed by atoms with Crippen LogP contribution in [0.2, 0.25) is 0 Å². The number of aromatic nitrogens is 1. The van der Waals surface area contributed by atoms with E-state index in [1.807, 2.05) is 54.6 Å². The molecule has 0 unspecified atom stereocenters. The molecule has 2 aromatic carbocycles. The van der Waals surface area contributed by atoms with Gasteiger partial charge in [-0.25, -0.2) is 4.98 Å². The second-order valence-electron chi connectivity index (χ2n) is 6.15. The lowest BCUT2D eigenvalue weighted by Gasteiger charge is -2.24. The molecule has 0 saturated carbocycles. The third kappa shape index (κ3) is 2.89. The number of carbonyl (C=O) groups is 2. The number of nitrogens with one attached hydrogen (secondary N) is 1. The molecule has 5 nitrogen and oxygen atoms in total. The van der Waals surface area contributed by atoms with Crippen molar-refractivity contribution in [1.29, 1.82) is 0 Å².